The molecule has 2 N–H and O–H groups in total. The molecule has 1 nitrogen and oxygen atoms in total. The van der Waals surface area contributed by atoms with Gasteiger partial charge in [-0.15, -0.1) is 0 Å². The topological polar surface area (TPSA) is 16.6 Å². The standard InChI is InChI=1S/C24H49N.BrH/c1-5-6-7-8-9-10-11-12-13-14-15-16-17-18-19-20-21-25-24(4)22-23(2)3;/h22,24-25H,5-21H2,1-4H3;1H. The SMILES string of the molecule is CCCCCCCCCCCCCCCCCC[NH2+]C(C)C=C(C)C.[Br-]. The Morgan fingerprint density at radius 1 is 0.654 bits per heavy atom. The van der Waals surface area contributed by atoms with Gasteiger partial charge in [0.05, 0.1) is 6.54 Å². The fraction of sp³-hybridized carbons (Fsp3) is 0.917. The van der Waals surface area contributed by atoms with E-state index in [0.717, 1.165) is 0 Å². The lowest BCUT2D eigenvalue weighted by atomic mass is 10.0. The van der Waals surface area contributed by atoms with Crippen molar-refractivity contribution in [2.75, 3.05) is 6.54 Å². The highest BCUT2D eigenvalue weighted by atomic mass is 79.9. The van der Waals surface area contributed by atoms with E-state index < -0.39 is 0 Å². The monoisotopic (exact) mass is 431 g/mol. The van der Waals surface area contributed by atoms with Crippen LogP contribution < -0.4 is 22.3 Å². The van der Waals surface area contributed by atoms with Gasteiger partial charge in [-0.2, -0.15) is 0 Å². The molecular weight excluding hydrogens is 382 g/mol. The van der Waals surface area contributed by atoms with Gasteiger partial charge in [0, 0.05) is 0 Å². The average molecular weight is 433 g/mol. The van der Waals surface area contributed by atoms with Gasteiger partial charge in [-0.05, 0) is 39.7 Å². The zero-order valence-corrected chi connectivity index (χ0v) is 20.2. The van der Waals surface area contributed by atoms with E-state index in [0.29, 0.717) is 6.04 Å². The smallest absolute Gasteiger partial charge is 0.102 e. The second-order valence-corrected chi connectivity index (χ2v) is 8.43. The van der Waals surface area contributed by atoms with Crippen molar-refractivity contribution in [1.82, 2.24) is 0 Å². The fourth-order valence-corrected chi connectivity index (χ4v) is 3.67. The maximum Gasteiger partial charge on any atom is 0.102 e. The van der Waals surface area contributed by atoms with Crippen molar-refractivity contribution in [1.29, 1.82) is 0 Å². The largest absolute Gasteiger partial charge is 1.00 e. The highest BCUT2D eigenvalue weighted by Gasteiger charge is 2.00. The summed E-state index contributed by atoms with van der Waals surface area (Å²) in [6, 6.07) is 0.654. The second-order valence-electron chi connectivity index (χ2n) is 8.43. The Morgan fingerprint density at radius 2 is 1.00 bits per heavy atom. The molecule has 0 aromatic carbocycles. The lowest BCUT2D eigenvalue weighted by molar-refractivity contribution is -0.676. The first-order chi connectivity index (χ1) is 12.2. The van der Waals surface area contributed by atoms with E-state index in [1.165, 1.54) is 115 Å². The van der Waals surface area contributed by atoms with Crippen LogP contribution in [-0.4, -0.2) is 12.6 Å². The van der Waals surface area contributed by atoms with Crippen molar-refractivity contribution in [3.8, 4) is 0 Å². The molecule has 0 aromatic heterocycles. The summed E-state index contributed by atoms with van der Waals surface area (Å²) < 4.78 is 0. The fourth-order valence-electron chi connectivity index (χ4n) is 3.67. The minimum atomic E-state index is 0. The predicted octanol–water partition coefficient (Wildman–Crippen LogP) is 4.17. The summed E-state index contributed by atoms with van der Waals surface area (Å²) in [5.41, 5.74) is 1.44. The van der Waals surface area contributed by atoms with E-state index in [1.807, 2.05) is 0 Å². The Bertz CT molecular complexity index is 284. The Kier molecular flexibility index (Phi) is 25.4. The van der Waals surface area contributed by atoms with E-state index in [-0.39, 0.29) is 17.0 Å². The Morgan fingerprint density at radius 3 is 1.35 bits per heavy atom. The molecule has 0 bridgehead atoms. The van der Waals surface area contributed by atoms with Gasteiger partial charge in [0.15, 0.2) is 0 Å². The van der Waals surface area contributed by atoms with Gasteiger partial charge in [-0.25, -0.2) is 0 Å². The van der Waals surface area contributed by atoms with Gasteiger partial charge in [0.25, 0.3) is 0 Å². The third kappa shape index (κ3) is 24.2. The van der Waals surface area contributed by atoms with Crippen LogP contribution in [0, 0.1) is 0 Å². The van der Waals surface area contributed by atoms with Crippen molar-refractivity contribution >= 4 is 0 Å². The molecule has 0 aliphatic carbocycles. The quantitative estimate of drug-likeness (QED) is 0.233. The van der Waals surface area contributed by atoms with Crippen LogP contribution in [0.2, 0.25) is 0 Å². The van der Waals surface area contributed by atoms with Crippen molar-refractivity contribution in [3.63, 3.8) is 0 Å². The summed E-state index contributed by atoms with van der Waals surface area (Å²) in [6.45, 7) is 10.3. The van der Waals surface area contributed by atoms with Crippen LogP contribution in [0.4, 0.5) is 0 Å². The molecule has 0 spiro atoms. The highest BCUT2D eigenvalue weighted by molar-refractivity contribution is 4.95. The van der Waals surface area contributed by atoms with E-state index in [4.69, 9.17) is 0 Å². The van der Waals surface area contributed by atoms with Crippen LogP contribution in [-0.2, 0) is 0 Å². The first-order valence-electron chi connectivity index (χ1n) is 11.6. The van der Waals surface area contributed by atoms with Gasteiger partial charge >= 0.3 is 0 Å². The minimum Gasteiger partial charge on any atom is -1.00 e. The van der Waals surface area contributed by atoms with Gasteiger partial charge in [-0.1, -0.05) is 102 Å². The van der Waals surface area contributed by atoms with Gasteiger partial charge in [-0.3, -0.25) is 0 Å². The second kappa shape index (κ2) is 23.2. The Balaban J connectivity index is 0. The summed E-state index contributed by atoms with van der Waals surface area (Å²) in [6.07, 6.45) is 25.6. The van der Waals surface area contributed by atoms with Gasteiger partial charge < -0.3 is 22.3 Å². The normalized spacial score (nSPS) is 11.8. The molecule has 0 heterocycles. The number of allylic oxidation sites excluding steroid dienone is 1. The first kappa shape index (κ1) is 28.4. The molecule has 2 heteroatoms. The summed E-state index contributed by atoms with van der Waals surface area (Å²) in [5.74, 6) is 0. The van der Waals surface area contributed by atoms with Crippen molar-refractivity contribution < 1.29 is 22.3 Å². The molecule has 0 saturated carbocycles. The lowest BCUT2D eigenvalue weighted by Gasteiger charge is -2.07. The van der Waals surface area contributed by atoms with Crippen molar-refractivity contribution in [2.24, 2.45) is 0 Å². The lowest BCUT2D eigenvalue weighted by Crippen LogP contribution is -3.00. The van der Waals surface area contributed by atoms with Crippen LogP contribution >= 0.6 is 0 Å². The zero-order valence-electron chi connectivity index (χ0n) is 18.6. The number of rotatable bonds is 19. The van der Waals surface area contributed by atoms with Gasteiger partial charge in [0.2, 0.25) is 0 Å². The third-order valence-corrected chi connectivity index (χ3v) is 5.19. The van der Waals surface area contributed by atoms with Crippen molar-refractivity contribution in [3.05, 3.63) is 11.6 Å². The summed E-state index contributed by atoms with van der Waals surface area (Å²) in [5, 5.41) is 2.48. The highest BCUT2D eigenvalue weighted by Crippen LogP contribution is 2.13. The molecular formula is C24H50BrN. The van der Waals surface area contributed by atoms with Crippen LogP contribution in [0.25, 0.3) is 0 Å². The zero-order chi connectivity index (χ0) is 18.6. The van der Waals surface area contributed by atoms with Crippen LogP contribution in [0.1, 0.15) is 130 Å². The van der Waals surface area contributed by atoms with Crippen LogP contribution in [0.3, 0.4) is 0 Å². The summed E-state index contributed by atoms with van der Waals surface area (Å²) >= 11 is 0. The van der Waals surface area contributed by atoms with E-state index in [1.54, 1.807) is 0 Å². The molecule has 0 fully saturated rings. The molecule has 0 aliphatic heterocycles. The number of nitrogens with two attached hydrogens (primary N) is 1. The Labute approximate surface area is 177 Å². The maximum absolute atomic E-state index is 2.48. The molecule has 0 amide bonds. The van der Waals surface area contributed by atoms with E-state index in [2.05, 4.69) is 39.1 Å². The molecule has 26 heavy (non-hydrogen) atoms. The molecule has 1 atom stereocenters. The van der Waals surface area contributed by atoms with Crippen molar-refractivity contribution in [2.45, 2.75) is 136 Å². The molecule has 0 saturated heterocycles. The van der Waals surface area contributed by atoms with E-state index >= 15 is 0 Å². The van der Waals surface area contributed by atoms with E-state index in [9.17, 15) is 0 Å². The molecule has 158 valence electrons. The first-order valence-corrected chi connectivity index (χ1v) is 11.6. The molecule has 0 aliphatic rings. The number of hydrogen-bond acceptors (Lipinski definition) is 0. The Hall–Kier alpha value is 0.180. The average Bonchev–Trinajstić information content (AvgIpc) is 2.57. The predicted molar refractivity (Wildman–Crippen MR) is 115 cm³/mol. The van der Waals surface area contributed by atoms with Gasteiger partial charge in [0.1, 0.15) is 6.04 Å². The molecule has 1 unspecified atom stereocenters. The number of quaternary nitrogens is 1. The molecule has 0 aromatic rings. The molecule has 0 rings (SSSR count). The number of hydrogen-bond donors (Lipinski definition) is 1. The van der Waals surface area contributed by atoms with Crippen LogP contribution in [0.15, 0.2) is 11.6 Å². The number of halogens is 1. The number of unbranched alkanes of at least 4 members (excludes halogenated alkanes) is 15. The minimum absolute atomic E-state index is 0. The maximum atomic E-state index is 2.48. The summed E-state index contributed by atoms with van der Waals surface area (Å²) in [7, 11) is 0. The molecule has 0 radical (unpaired) electrons. The summed E-state index contributed by atoms with van der Waals surface area (Å²) in [4.78, 5) is 0. The van der Waals surface area contributed by atoms with Crippen LogP contribution in [0.5, 0.6) is 0 Å². The third-order valence-electron chi connectivity index (χ3n) is 5.19.